The van der Waals surface area contributed by atoms with E-state index in [9.17, 15) is 4.79 Å². The standard InChI is InChI=1S/C12H13BrO4/c13-9-1-2-11(10(5-9)12(14)15)17-7-8-3-4-16-6-8/h1-2,5,8H,3-4,6-7H2,(H,14,15). The highest BCUT2D eigenvalue weighted by Crippen LogP contribution is 2.24. The molecule has 0 radical (unpaired) electrons. The number of hydrogen-bond acceptors (Lipinski definition) is 3. The summed E-state index contributed by atoms with van der Waals surface area (Å²) in [6, 6.07) is 4.99. The Morgan fingerprint density at radius 2 is 2.41 bits per heavy atom. The fourth-order valence-corrected chi connectivity index (χ4v) is 2.08. The molecular formula is C12H13BrO4. The van der Waals surface area contributed by atoms with Crippen LogP contribution in [-0.4, -0.2) is 30.9 Å². The summed E-state index contributed by atoms with van der Waals surface area (Å²) in [5.41, 5.74) is 0.179. The molecule has 0 aromatic heterocycles. The topological polar surface area (TPSA) is 55.8 Å². The lowest BCUT2D eigenvalue weighted by atomic mass is 10.1. The summed E-state index contributed by atoms with van der Waals surface area (Å²) in [5, 5.41) is 9.06. The molecule has 1 aromatic carbocycles. The molecule has 0 bridgehead atoms. The molecule has 17 heavy (non-hydrogen) atoms. The van der Waals surface area contributed by atoms with E-state index in [1.165, 1.54) is 0 Å². The molecule has 5 heteroatoms. The maximum absolute atomic E-state index is 11.0. The van der Waals surface area contributed by atoms with E-state index in [1.54, 1.807) is 18.2 Å². The molecule has 2 rings (SSSR count). The Kier molecular flexibility index (Phi) is 4.02. The minimum Gasteiger partial charge on any atom is -0.492 e. The third-order valence-electron chi connectivity index (χ3n) is 2.67. The van der Waals surface area contributed by atoms with Gasteiger partial charge >= 0.3 is 5.97 Å². The number of carbonyl (C=O) groups is 1. The van der Waals surface area contributed by atoms with Crippen LogP contribution in [0.1, 0.15) is 16.8 Å². The van der Waals surface area contributed by atoms with Gasteiger partial charge in [-0.15, -0.1) is 0 Å². The summed E-state index contributed by atoms with van der Waals surface area (Å²) >= 11 is 3.24. The predicted octanol–water partition coefficient (Wildman–Crippen LogP) is 2.56. The van der Waals surface area contributed by atoms with Crippen LogP contribution in [0.4, 0.5) is 0 Å². The van der Waals surface area contributed by atoms with Gasteiger partial charge in [0.1, 0.15) is 11.3 Å². The lowest BCUT2D eigenvalue weighted by Gasteiger charge is -2.12. The van der Waals surface area contributed by atoms with Crippen LogP contribution in [0.5, 0.6) is 5.75 Å². The highest BCUT2D eigenvalue weighted by molar-refractivity contribution is 9.10. The van der Waals surface area contributed by atoms with Gasteiger partial charge in [0.25, 0.3) is 0 Å². The van der Waals surface area contributed by atoms with Gasteiger partial charge in [-0.3, -0.25) is 0 Å². The summed E-state index contributed by atoms with van der Waals surface area (Å²) < 4.78 is 11.5. The Labute approximate surface area is 108 Å². The normalized spacial score (nSPS) is 19.2. The van der Waals surface area contributed by atoms with E-state index in [-0.39, 0.29) is 5.56 Å². The van der Waals surface area contributed by atoms with Crippen LogP contribution >= 0.6 is 15.9 Å². The average molecular weight is 301 g/mol. The van der Waals surface area contributed by atoms with Crippen molar-refractivity contribution in [3.63, 3.8) is 0 Å². The molecule has 92 valence electrons. The largest absolute Gasteiger partial charge is 0.492 e. The van der Waals surface area contributed by atoms with Gasteiger partial charge in [-0.1, -0.05) is 15.9 Å². The molecule has 1 N–H and O–H groups in total. The number of rotatable bonds is 4. The summed E-state index contributed by atoms with van der Waals surface area (Å²) in [5.74, 6) is -0.211. The molecule has 1 unspecified atom stereocenters. The zero-order valence-electron chi connectivity index (χ0n) is 9.19. The Balaban J connectivity index is 2.06. The van der Waals surface area contributed by atoms with Gasteiger partial charge in [0.05, 0.1) is 13.2 Å². The first-order chi connectivity index (χ1) is 8.16. The summed E-state index contributed by atoms with van der Waals surface area (Å²) in [6.45, 7) is 1.96. The fourth-order valence-electron chi connectivity index (χ4n) is 1.72. The first kappa shape index (κ1) is 12.4. The number of ether oxygens (including phenoxy) is 2. The van der Waals surface area contributed by atoms with Crippen molar-refractivity contribution in [2.75, 3.05) is 19.8 Å². The zero-order valence-corrected chi connectivity index (χ0v) is 10.8. The molecule has 0 aliphatic carbocycles. The van der Waals surface area contributed by atoms with Crippen molar-refractivity contribution in [2.45, 2.75) is 6.42 Å². The number of carboxylic acids is 1. The van der Waals surface area contributed by atoms with E-state index >= 15 is 0 Å². The maximum atomic E-state index is 11.0. The van der Waals surface area contributed by atoms with Crippen LogP contribution in [0.15, 0.2) is 22.7 Å². The monoisotopic (exact) mass is 300 g/mol. The number of benzene rings is 1. The molecule has 0 amide bonds. The lowest BCUT2D eigenvalue weighted by molar-refractivity contribution is 0.0691. The minimum atomic E-state index is -0.982. The Morgan fingerprint density at radius 3 is 3.06 bits per heavy atom. The van der Waals surface area contributed by atoms with Crippen LogP contribution in [0, 0.1) is 5.92 Å². The average Bonchev–Trinajstić information content (AvgIpc) is 2.80. The smallest absolute Gasteiger partial charge is 0.339 e. The van der Waals surface area contributed by atoms with Crippen molar-refractivity contribution in [2.24, 2.45) is 5.92 Å². The number of halogens is 1. The second-order valence-electron chi connectivity index (χ2n) is 3.99. The first-order valence-corrected chi connectivity index (χ1v) is 6.19. The van der Waals surface area contributed by atoms with E-state index in [2.05, 4.69) is 15.9 Å². The summed E-state index contributed by atoms with van der Waals surface area (Å²) in [7, 11) is 0. The molecule has 1 heterocycles. The van der Waals surface area contributed by atoms with E-state index in [1.807, 2.05) is 0 Å². The third kappa shape index (κ3) is 3.20. The van der Waals surface area contributed by atoms with Crippen LogP contribution < -0.4 is 4.74 Å². The van der Waals surface area contributed by atoms with E-state index < -0.39 is 5.97 Å². The third-order valence-corrected chi connectivity index (χ3v) is 3.16. The van der Waals surface area contributed by atoms with Crippen molar-refractivity contribution in [3.05, 3.63) is 28.2 Å². The van der Waals surface area contributed by atoms with Gasteiger partial charge in [-0.2, -0.15) is 0 Å². The lowest BCUT2D eigenvalue weighted by Crippen LogP contribution is -2.13. The molecule has 1 fully saturated rings. The summed E-state index contributed by atoms with van der Waals surface area (Å²) in [4.78, 5) is 11.0. The van der Waals surface area contributed by atoms with Crippen LogP contribution in [0.25, 0.3) is 0 Å². The van der Waals surface area contributed by atoms with Gasteiger partial charge < -0.3 is 14.6 Å². The second-order valence-corrected chi connectivity index (χ2v) is 4.90. The molecule has 1 atom stereocenters. The highest BCUT2D eigenvalue weighted by atomic mass is 79.9. The quantitative estimate of drug-likeness (QED) is 0.928. The van der Waals surface area contributed by atoms with E-state index in [0.717, 1.165) is 17.5 Å². The fraction of sp³-hybridized carbons (Fsp3) is 0.417. The van der Waals surface area contributed by atoms with Crippen LogP contribution in [0.2, 0.25) is 0 Å². The van der Waals surface area contributed by atoms with Crippen LogP contribution in [-0.2, 0) is 4.74 Å². The first-order valence-electron chi connectivity index (χ1n) is 5.40. The zero-order chi connectivity index (χ0) is 12.3. The molecule has 1 aromatic rings. The van der Waals surface area contributed by atoms with Crippen molar-refractivity contribution >= 4 is 21.9 Å². The number of aromatic carboxylic acids is 1. The molecule has 4 nitrogen and oxygen atoms in total. The predicted molar refractivity (Wildman–Crippen MR) is 65.5 cm³/mol. The Bertz CT molecular complexity index is 413. The molecular weight excluding hydrogens is 288 g/mol. The maximum Gasteiger partial charge on any atom is 0.339 e. The second kappa shape index (κ2) is 5.51. The molecule has 0 saturated carbocycles. The van der Waals surface area contributed by atoms with Gasteiger partial charge in [0.2, 0.25) is 0 Å². The SMILES string of the molecule is O=C(O)c1cc(Br)ccc1OCC1CCOC1. The van der Waals surface area contributed by atoms with Crippen molar-refractivity contribution in [1.82, 2.24) is 0 Å². The molecule has 1 aliphatic heterocycles. The van der Waals surface area contributed by atoms with Gasteiger partial charge in [-0.05, 0) is 24.6 Å². The van der Waals surface area contributed by atoms with Gasteiger partial charge in [0.15, 0.2) is 0 Å². The van der Waals surface area contributed by atoms with E-state index in [4.69, 9.17) is 14.6 Å². The molecule has 1 saturated heterocycles. The number of hydrogen-bond donors (Lipinski definition) is 1. The van der Waals surface area contributed by atoms with Crippen LogP contribution in [0.3, 0.4) is 0 Å². The number of carboxylic acid groups (broad SMARTS) is 1. The minimum absolute atomic E-state index is 0.179. The van der Waals surface area contributed by atoms with Crippen molar-refractivity contribution in [1.29, 1.82) is 0 Å². The van der Waals surface area contributed by atoms with Gasteiger partial charge in [-0.25, -0.2) is 4.79 Å². The van der Waals surface area contributed by atoms with Crippen molar-refractivity contribution in [3.8, 4) is 5.75 Å². The Morgan fingerprint density at radius 1 is 1.59 bits per heavy atom. The summed E-state index contributed by atoms with van der Waals surface area (Å²) in [6.07, 6.45) is 0.971. The van der Waals surface area contributed by atoms with Gasteiger partial charge in [0, 0.05) is 17.0 Å². The molecule has 1 aliphatic rings. The van der Waals surface area contributed by atoms with Crippen molar-refractivity contribution < 1.29 is 19.4 Å². The Hall–Kier alpha value is -1.07. The molecule has 0 spiro atoms. The van der Waals surface area contributed by atoms with E-state index in [0.29, 0.717) is 24.9 Å². The highest BCUT2D eigenvalue weighted by Gasteiger charge is 2.18.